The number of nitrogens with one attached hydrogen (secondary N) is 1. The maximum absolute atomic E-state index is 12.5. The number of fused-ring (bicyclic) bond motifs is 1. The molecule has 0 unspecified atom stereocenters. The number of amides is 1. The van der Waals surface area contributed by atoms with Crippen molar-refractivity contribution >= 4 is 21.6 Å². The molecule has 3 rings (SSSR count). The first-order valence-electron chi connectivity index (χ1n) is 8.52. The number of hydrogen-bond acceptors (Lipinski definition) is 5. The predicted molar refractivity (Wildman–Crippen MR) is 102 cm³/mol. The van der Waals surface area contributed by atoms with E-state index in [1.165, 1.54) is 19.1 Å². The van der Waals surface area contributed by atoms with Crippen LogP contribution in [-0.4, -0.2) is 34.2 Å². The molecule has 8 heteroatoms. The highest BCUT2D eigenvalue weighted by atomic mass is 32.2. The number of aryl methyl sites for hydroxylation is 2. The largest absolute Gasteiger partial charge is 0.454 e. The maximum atomic E-state index is 12.5. The number of carbonyl (C=O) groups excluding carboxylic acids is 1. The van der Waals surface area contributed by atoms with Gasteiger partial charge in [-0.25, -0.2) is 13.1 Å². The van der Waals surface area contributed by atoms with Crippen molar-refractivity contribution in [2.45, 2.75) is 25.7 Å². The Hall–Kier alpha value is -2.58. The van der Waals surface area contributed by atoms with E-state index < -0.39 is 10.0 Å². The van der Waals surface area contributed by atoms with Crippen LogP contribution >= 0.6 is 0 Å². The van der Waals surface area contributed by atoms with E-state index in [0.717, 1.165) is 16.8 Å². The third-order valence-electron chi connectivity index (χ3n) is 4.46. The van der Waals surface area contributed by atoms with Crippen LogP contribution in [0.4, 0.5) is 5.69 Å². The fourth-order valence-corrected chi connectivity index (χ4v) is 3.82. The summed E-state index contributed by atoms with van der Waals surface area (Å²) < 4.78 is 38.0. The van der Waals surface area contributed by atoms with Gasteiger partial charge < -0.3 is 14.4 Å². The van der Waals surface area contributed by atoms with Crippen LogP contribution < -0.4 is 19.1 Å². The molecule has 0 fully saturated rings. The molecule has 144 valence electrons. The Morgan fingerprint density at radius 2 is 1.81 bits per heavy atom. The van der Waals surface area contributed by atoms with Crippen LogP contribution in [0.5, 0.6) is 11.5 Å². The second-order valence-corrected chi connectivity index (χ2v) is 8.12. The van der Waals surface area contributed by atoms with Gasteiger partial charge in [0.1, 0.15) is 0 Å². The first-order valence-corrected chi connectivity index (χ1v) is 10.0. The molecule has 1 aliphatic heterocycles. The minimum absolute atomic E-state index is 0.0792. The van der Waals surface area contributed by atoms with E-state index in [1.807, 2.05) is 32.0 Å². The van der Waals surface area contributed by atoms with E-state index in [2.05, 4.69) is 4.72 Å². The number of sulfonamides is 1. The fourth-order valence-electron chi connectivity index (χ4n) is 2.78. The minimum atomic E-state index is -3.72. The molecule has 1 amide bonds. The Kier molecular flexibility index (Phi) is 5.38. The number of ether oxygens (including phenoxy) is 2. The SMILES string of the molecule is CC(=O)N(CCNS(=O)(=O)c1ccc2c(c1)OCO2)c1ccc(C)c(C)c1. The lowest BCUT2D eigenvalue weighted by Crippen LogP contribution is -2.37. The van der Waals surface area contributed by atoms with Gasteiger partial charge in [0, 0.05) is 31.8 Å². The summed E-state index contributed by atoms with van der Waals surface area (Å²) in [5.74, 6) is 0.769. The average molecular weight is 390 g/mol. The Bertz CT molecular complexity index is 972. The molecular weight excluding hydrogens is 368 g/mol. The molecule has 7 nitrogen and oxygen atoms in total. The summed E-state index contributed by atoms with van der Waals surface area (Å²) in [5.41, 5.74) is 2.94. The van der Waals surface area contributed by atoms with E-state index >= 15 is 0 Å². The van der Waals surface area contributed by atoms with Gasteiger partial charge in [-0.3, -0.25) is 4.79 Å². The Morgan fingerprint density at radius 1 is 1.07 bits per heavy atom. The molecule has 0 saturated heterocycles. The molecule has 1 N–H and O–H groups in total. The van der Waals surface area contributed by atoms with Crippen LogP contribution in [-0.2, 0) is 14.8 Å². The van der Waals surface area contributed by atoms with E-state index in [9.17, 15) is 13.2 Å². The zero-order valence-corrected chi connectivity index (χ0v) is 16.3. The zero-order valence-electron chi connectivity index (χ0n) is 15.5. The maximum Gasteiger partial charge on any atom is 0.240 e. The van der Waals surface area contributed by atoms with Gasteiger partial charge >= 0.3 is 0 Å². The van der Waals surface area contributed by atoms with E-state index in [0.29, 0.717) is 11.5 Å². The third-order valence-corrected chi connectivity index (χ3v) is 5.92. The fraction of sp³-hybridized carbons (Fsp3) is 0.316. The number of benzene rings is 2. The van der Waals surface area contributed by atoms with Gasteiger partial charge in [0.15, 0.2) is 11.5 Å². The van der Waals surface area contributed by atoms with Crippen LogP contribution in [0.25, 0.3) is 0 Å². The van der Waals surface area contributed by atoms with Crippen LogP contribution in [0, 0.1) is 13.8 Å². The molecule has 1 aliphatic rings. The van der Waals surface area contributed by atoms with Crippen LogP contribution in [0.3, 0.4) is 0 Å². The van der Waals surface area contributed by atoms with Crippen LogP contribution in [0.15, 0.2) is 41.3 Å². The second-order valence-electron chi connectivity index (χ2n) is 6.35. The van der Waals surface area contributed by atoms with Crippen molar-refractivity contribution in [3.63, 3.8) is 0 Å². The Labute approximate surface area is 158 Å². The topological polar surface area (TPSA) is 84.9 Å². The summed E-state index contributed by atoms with van der Waals surface area (Å²) in [6.07, 6.45) is 0. The summed E-state index contributed by atoms with van der Waals surface area (Å²) in [5, 5.41) is 0. The van der Waals surface area contributed by atoms with E-state index in [-0.39, 0.29) is 30.7 Å². The summed E-state index contributed by atoms with van der Waals surface area (Å²) in [7, 11) is -3.72. The van der Waals surface area contributed by atoms with Gasteiger partial charge in [-0.2, -0.15) is 0 Å². The summed E-state index contributed by atoms with van der Waals surface area (Å²) >= 11 is 0. The van der Waals surface area contributed by atoms with Crippen molar-refractivity contribution in [3.8, 4) is 11.5 Å². The van der Waals surface area contributed by atoms with Crippen molar-refractivity contribution in [1.29, 1.82) is 0 Å². The predicted octanol–water partition coefficient (Wildman–Crippen LogP) is 2.36. The van der Waals surface area contributed by atoms with Crippen molar-refractivity contribution < 1.29 is 22.7 Å². The van der Waals surface area contributed by atoms with Crippen molar-refractivity contribution in [1.82, 2.24) is 4.72 Å². The van der Waals surface area contributed by atoms with Gasteiger partial charge in [-0.1, -0.05) is 6.07 Å². The molecule has 0 aromatic heterocycles. The van der Waals surface area contributed by atoms with Gasteiger partial charge in [0.2, 0.25) is 22.7 Å². The Morgan fingerprint density at radius 3 is 2.52 bits per heavy atom. The number of rotatable bonds is 6. The van der Waals surface area contributed by atoms with Crippen molar-refractivity contribution in [2.75, 3.05) is 24.8 Å². The third kappa shape index (κ3) is 4.23. The van der Waals surface area contributed by atoms with Gasteiger partial charge in [0.25, 0.3) is 0 Å². The number of hydrogen-bond donors (Lipinski definition) is 1. The summed E-state index contributed by atoms with van der Waals surface area (Å²) in [6, 6.07) is 10.2. The highest BCUT2D eigenvalue weighted by Crippen LogP contribution is 2.33. The molecule has 0 saturated carbocycles. The van der Waals surface area contributed by atoms with Gasteiger partial charge in [-0.05, 0) is 49.2 Å². The molecular formula is C19H22N2O5S. The average Bonchev–Trinajstić information content (AvgIpc) is 3.08. The first-order chi connectivity index (χ1) is 12.8. The molecule has 2 aromatic rings. The number of carbonyl (C=O) groups is 1. The van der Waals surface area contributed by atoms with Crippen LogP contribution in [0.2, 0.25) is 0 Å². The molecule has 0 atom stereocenters. The molecule has 0 spiro atoms. The standard InChI is InChI=1S/C19H22N2O5S/c1-13-4-5-16(10-14(13)2)21(15(3)22)9-8-20-27(23,24)17-6-7-18-19(11-17)26-12-25-18/h4-7,10-11,20H,8-9,12H2,1-3H3. The van der Waals surface area contributed by atoms with Gasteiger partial charge in [-0.15, -0.1) is 0 Å². The molecule has 0 radical (unpaired) electrons. The minimum Gasteiger partial charge on any atom is -0.454 e. The lowest BCUT2D eigenvalue weighted by Gasteiger charge is -2.22. The van der Waals surface area contributed by atoms with E-state index in [1.54, 1.807) is 11.0 Å². The summed E-state index contributed by atoms with van der Waals surface area (Å²) in [6.45, 7) is 5.82. The summed E-state index contributed by atoms with van der Waals surface area (Å²) in [4.78, 5) is 13.7. The highest BCUT2D eigenvalue weighted by Gasteiger charge is 2.21. The monoisotopic (exact) mass is 390 g/mol. The number of anilines is 1. The first kappa shape index (κ1) is 19.2. The molecule has 2 aromatic carbocycles. The zero-order chi connectivity index (χ0) is 19.6. The molecule has 0 aliphatic carbocycles. The molecule has 0 bridgehead atoms. The molecule has 27 heavy (non-hydrogen) atoms. The quantitative estimate of drug-likeness (QED) is 0.819. The normalized spacial score (nSPS) is 12.9. The highest BCUT2D eigenvalue weighted by molar-refractivity contribution is 7.89. The van der Waals surface area contributed by atoms with E-state index in [4.69, 9.17) is 9.47 Å². The van der Waals surface area contributed by atoms with Gasteiger partial charge in [0.05, 0.1) is 4.90 Å². The van der Waals surface area contributed by atoms with Crippen molar-refractivity contribution in [2.24, 2.45) is 0 Å². The lowest BCUT2D eigenvalue weighted by molar-refractivity contribution is -0.116. The smallest absolute Gasteiger partial charge is 0.240 e. The Balaban J connectivity index is 1.69. The van der Waals surface area contributed by atoms with Crippen molar-refractivity contribution in [3.05, 3.63) is 47.5 Å². The number of nitrogens with zero attached hydrogens (tertiary/aromatic N) is 1. The molecule has 1 heterocycles. The van der Waals surface area contributed by atoms with Crippen LogP contribution in [0.1, 0.15) is 18.1 Å². The lowest BCUT2D eigenvalue weighted by atomic mass is 10.1. The second kappa shape index (κ2) is 7.58.